The van der Waals surface area contributed by atoms with Crippen molar-refractivity contribution in [1.82, 2.24) is 29.0 Å². The van der Waals surface area contributed by atoms with Gasteiger partial charge in [-0.15, -0.1) is 12.4 Å². The van der Waals surface area contributed by atoms with Crippen molar-refractivity contribution in [3.05, 3.63) is 88.0 Å². The molecule has 1 N–H and O–H groups in total. The van der Waals surface area contributed by atoms with Crippen LogP contribution in [0.2, 0.25) is 0 Å². The predicted molar refractivity (Wildman–Crippen MR) is 123 cm³/mol. The maximum absolute atomic E-state index is 13.3. The maximum atomic E-state index is 13.3. The second kappa shape index (κ2) is 9.08. The van der Waals surface area contributed by atoms with Gasteiger partial charge in [0, 0.05) is 18.3 Å². The summed E-state index contributed by atoms with van der Waals surface area (Å²) >= 11 is 0. The average molecular weight is 439 g/mol. The molecule has 7 nitrogen and oxygen atoms in total. The number of pyridine rings is 1. The lowest BCUT2D eigenvalue weighted by molar-refractivity contribution is 0.430. The number of nitrogens with one attached hydrogen (secondary N) is 1. The van der Waals surface area contributed by atoms with Gasteiger partial charge in [0.25, 0.3) is 0 Å². The van der Waals surface area contributed by atoms with Gasteiger partial charge in [-0.05, 0) is 50.0 Å². The summed E-state index contributed by atoms with van der Waals surface area (Å²) in [6, 6.07) is 14.2. The highest BCUT2D eigenvalue weighted by Gasteiger charge is 2.24. The van der Waals surface area contributed by atoms with Gasteiger partial charge in [0.15, 0.2) is 0 Å². The van der Waals surface area contributed by atoms with E-state index in [1.165, 1.54) is 5.56 Å². The number of aryl methyl sites for hydroxylation is 1. The first kappa shape index (κ1) is 21.3. The molecule has 1 aliphatic heterocycles. The van der Waals surface area contributed by atoms with E-state index in [-0.39, 0.29) is 18.1 Å². The molecule has 4 heterocycles. The Morgan fingerprint density at radius 2 is 1.81 bits per heavy atom. The monoisotopic (exact) mass is 438 g/mol. The Bertz CT molecular complexity index is 1220. The number of nitrogens with zero attached hydrogens (tertiary/aromatic N) is 5. The van der Waals surface area contributed by atoms with Crippen molar-refractivity contribution in [2.45, 2.75) is 38.8 Å². The Labute approximate surface area is 187 Å². The van der Waals surface area contributed by atoms with Crippen LogP contribution in [0.4, 0.5) is 0 Å². The van der Waals surface area contributed by atoms with Gasteiger partial charge in [-0.25, -0.2) is 14.5 Å². The molecule has 3 aromatic heterocycles. The molecular weight excluding hydrogens is 412 g/mol. The average Bonchev–Trinajstić information content (AvgIpc) is 3.30. The minimum Gasteiger partial charge on any atom is -0.317 e. The first-order valence-electron chi connectivity index (χ1n) is 10.5. The van der Waals surface area contributed by atoms with E-state index in [0.717, 1.165) is 48.7 Å². The van der Waals surface area contributed by atoms with Crippen molar-refractivity contribution in [3.63, 3.8) is 0 Å². The van der Waals surface area contributed by atoms with E-state index >= 15 is 0 Å². The van der Waals surface area contributed by atoms with Crippen LogP contribution in [0, 0.1) is 6.92 Å². The van der Waals surface area contributed by atoms with Crippen LogP contribution in [-0.2, 0) is 13.1 Å². The molecule has 0 atom stereocenters. The number of halogens is 1. The Morgan fingerprint density at radius 1 is 1.03 bits per heavy atom. The van der Waals surface area contributed by atoms with E-state index in [4.69, 9.17) is 5.10 Å². The Kier molecular flexibility index (Phi) is 6.25. The number of hydrogen-bond donors (Lipinski definition) is 1. The van der Waals surface area contributed by atoms with E-state index in [1.807, 2.05) is 51.7 Å². The summed E-state index contributed by atoms with van der Waals surface area (Å²) in [5.41, 5.74) is 3.93. The highest BCUT2D eigenvalue weighted by molar-refractivity contribution is 5.85. The fraction of sp³-hybridized carbons (Fsp3) is 0.348. The zero-order chi connectivity index (χ0) is 20.5. The van der Waals surface area contributed by atoms with Crippen molar-refractivity contribution in [2.75, 3.05) is 13.1 Å². The number of hydrogen-bond acceptors (Lipinski definition) is 4. The highest BCUT2D eigenvalue weighted by Crippen LogP contribution is 2.23. The molecule has 4 aromatic rings. The van der Waals surface area contributed by atoms with Crippen LogP contribution in [0.1, 0.15) is 41.4 Å². The third-order valence-corrected chi connectivity index (χ3v) is 5.80. The Balaban J connectivity index is 0.00000231. The van der Waals surface area contributed by atoms with Crippen LogP contribution in [0.15, 0.2) is 59.7 Å². The number of benzene rings is 1. The highest BCUT2D eigenvalue weighted by atomic mass is 35.5. The first-order chi connectivity index (χ1) is 14.7. The van der Waals surface area contributed by atoms with Gasteiger partial charge in [0.05, 0.1) is 18.8 Å². The Morgan fingerprint density at radius 3 is 2.58 bits per heavy atom. The van der Waals surface area contributed by atoms with E-state index in [1.54, 1.807) is 4.68 Å². The zero-order valence-electron chi connectivity index (χ0n) is 17.6. The summed E-state index contributed by atoms with van der Waals surface area (Å²) in [5, 5.41) is 8.20. The third kappa shape index (κ3) is 4.43. The van der Waals surface area contributed by atoms with Gasteiger partial charge in [0.2, 0.25) is 0 Å². The molecule has 5 rings (SSSR count). The molecule has 0 spiro atoms. The fourth-order valence-corrected chi connectivity index (χ4v) is 4.24. The van der Waals surface area contributed by atoms with Crippen LogP contribution in [0.25, 0.3) is 5.65 Å². The lowest BCUT2D eigenvalue weighted by Crippen LogP contribution is -2.30. The molecule has 1 saturated heterocycles. The molecule has 31 heavy (non-hydrogen) atoms. The molecule has 1 aromatic carbocycles. The zero-order valence-corrected chi connectivity index (χ0v) is 18.4. The van der Waals surface area contributed by atoms with Crippen molar-refractivity contribution in [1.29, 1.82) is 0 Å². The summed E-state index contributed by atoms with van der Waals surface area (Å²) in [7, 11) is 0. The lowest BCUT2D eigenvalue weighted by Gasteiger charge is -2.22. The van der Waals surface area contributed by atoms with E-state index < -0.39 is 0 Å². The topological polar surface area (TPSA) is 69.2 Å². The summed E-state index contributed by atoms with van der Waals surface area (Å²) in [5.74, 6) is 1.19. The van der Waals surface area contributed by atoms with Crippen LogP contribution >= 0.6 is 12.4 Å². The van der Waals surface area contributed by atoms with Crippen LogP contribution < -0.4 is 11.0 Å². The minimum atomic E-state index is -0.0689. The van der Waals surface area contributed by atoms with Gasteiger partial charge in [-0.1, -0.05) is 36.4 Å². The van der Waals surface area contributed by atoms with Crippen molar-refractivity contribution < 1.29 is 0 Å². The number of fused-ring (bicyclic) bond motifs is 1. The molecule has 1 fully saturated rings. The van der Waals surface area contributed by atoms with Gasteiger partial charge >= 0.3 is 5.69 Å². The second-order valence-corrected chi connectivity index (χ2v) is 8.10. The molecule has 0 unspecified atom stereocenters. The largest absolute Gasteiger partial charge is 0.346 e. The summed E-state index contributed by atoms with van der Waals surface area (Å²) < 4.78 is 5.44. The van der Waals surface area contributed by atoms with Crippen molar-refractivity contribution in [2.24, 2.45) is 0 Å². The smallest absolute Gasteiger partial charge is 0.317 e. The van der Waals surface area contributed by atoms with E-state index in [0.29, 0.717) is 19.0 Å². The maximum Gasteiger partial charge on any atom is 0.346 e. The number of imidazole rings is 1. The molecule has 1 aliphatic rings. The SMILES string of the molecule is Cc1ccc2nc(Cn3nc(C4CCNCC4)n(Cc4ccccc4)c3=O)cn2c1.Cl. The molecule has 0 amide bonds. The van der Waals surface area contributed by atoms with Crippen molar-refractivity contribution in [3.8, 4) is 0 Å². The summed E-state index contributed by atoms with van der Waals surface area (Å²) in [6.45, 7) is 4.90. The molecule has 0 aliphatic carbocycles. The van der Waals surface area contributed by atoms with Crippen LogP contribution in [-0.4, -0.2) is 36.8 Å². The minimum absolute atomic E-state index is 0. The summed E-state index contributed by atoms with van der Waals surface area (Å²) in [6.07, 6.45) is 6.02. The number of aromatic nitrogens is 5. The standard InChI is InChI=1S/C23H26N6O.ClH/c1-17-7-8-21-25-20(15-27(21)13-17)16-29-23(30)28(14-18-5-3-2-4-6-18)22(26-29)19-9-11-24-12-10-19;/h2-8,13,15,19,24H,9-12,14,16H2,1H3;1H. The first-order valence-corrected chi connectivity index (χ1v) is 10.5. The van der Waals surface area contributed by atoms with E-state index in [2.05, 4.69) is 29.4 Å². The van der Waals surface area contributed by atoms with E-state index in [9.17, 15) is 4.79 Å². The fourth-order valence-electron chi connectivity index (χ4n) is 4.24. The van der Waals surface area contributed by atoms with Gasteiger partial charge in [0.1, 0.15) is 11.5 Å². The quantitative estimate of drug-likeness (QED) is 0.520. The van der Waals surface area contributed by atoms with Crippen LogP contribution in [0.5, 0.6) is 0 Å². The molecule has 8 heteroatoms. The summed E-state index contributed by atoms with van der Waals surface area (Å²) in [4.78, 5) is 18.0. The van der Waals surface area contributed by atoms with Crippen LogP contribution in [0.3, 0.4) is 0 Å². The Hall–Kier alpha value is -2.90. The molecular formula is C23H27ClN6O. The predicted octanol–water partition coefficient (Wildman–Crippen LogP) is 2.99. The number of piperidine rings is 1. The molecule has 0 bridgehead atoms. The van der Waals surface area contributed by atoms with Crippen molar-refractivity contribution >= 4 is 18.1 Å². The molecule has 0 saturated carbocycles. The molecule has 162 valence electrons. The van der Waals surface area contributed by atoms with Gasteiger partial charge in [-0.2, -0.15) is 5.10 Å². The second-order valence-electron chi connectivity index (χ2n) is 8.10. The van der Waals surface area contributed by atoms with Gasteiger partial charge in [-0.3, -0.25) is 4.57 Å². The van der Waals surface area contributed by atoms with Gasteiger partial charge < -0.3 is 9.72 Å². The normalized spacial score (nSPS) is 14.6. The molecule has 0 radical (unpaired) electrons. The number of rotatable bonds is 5. The third-order valence-electron chi connectivity index (χ3n) is 5.80. The lowest BCUT2D eigenvalue weighted by atomic mass is 9.97.